The molecular formula is C21H23N5O2. The summed E-state index contributed by atoms with van der Waals surface area (Å²) in [6.07, 6.45) is 0. The van der Waals surface area contributed by atoms with Crippen LogP contribution in [0.15, 0.2) is 42.5 Å². The van der Waals surface area contributed by atoms with Gasteiger partial charge in [0.25, 0.3) is 5.91 Å². The molecule has 7 heteroatoms. The first-order valence-corrected chi connectivity index (χ1v) is 8.99. The van der Waals surface area contributed by atoms with E-state index in [1.165, 1.54) is 4.68 Å². The molecular weight excluding hydrogens is 354 g/mol. The van der Waals surface area contributed by atoms with Crippen LogP contribution in [0.5, 0.6) is 0 Å². The summed E-state index contributed by atoms with van der Waals surface area (Å²) in [7, 11) is 0. The van der Waals surface area contributed by atoms with E-state index in [-0.39, 0.29) is 24.1 Å². The second-order valence-corrected chi connectivity index (χ2v) is 6.82. The van der Waals surface area contributed by atoms with Crippen LogP contribution in [0.2, 0.25) is 0 Å². The van der Waals surface area contributed by atoms with Gasteiger partial charge in [-0.05, 0) is 56.5 Å². The number of aromatic nitrogens is 3. The molecule has 0 aliphatic rings. The number of aryl methyl sites for hydroxylation is 3. The SMILES string of the molecule is Cc1cccc(NC(=O)Cn2nnc(C(=O)Nc3c(C)cccc3C)c2C)c1. The summed E-state index contributed by atoms with van der Waals surface area (Å²) in [4.78, 5) is 24.9. The van der Waals surface area contributed by atoms with Gasteiger partial charge >= 0.3 is 0 Å². The van der Waals surface area contributed by atoms with Gasteiger partial charge in [-0.3, -0.25) is 9.59 Å². The summed E-state index contributed by atoms with van der Waals surface area (Å²) in [6, 6.07) is 13.3. The molecule has 2 N–H and O–H groups in total. The van der Waals surface area contributed by atoms with E-state index in [0.717, 1.165) is 28.1 Å². The zero-order valence-corrected chi connectivity index (χ0v) is 16.4. The van der Waals surface area contributed by atoms with Crippen LogP contribution in [-0.4, -0.2) is 26.8 Å². The highest BCUT2D eigenvalue weighted by Gasteiger charge is 2.19. The van der Waals surface area contributed by atoms with Gasteiger partial charge in [0.05, 0.1) is 5.69 Å². The molecule has 0 saturated carbocycles. The summed E-state index contributed by atoms with van der Waals surface area (Å²) >= 11 is 0. The zero-order valence-electron chi connectivity index (χ0n) is 16.4. The number of benzene rings is 2. The van der Waals surface area contributed by atoms with Gasteiger partial charge in [0, 0.05) is 11.4 Å². The predicted octanol–water partition coefficient (Wildman–Crippen LogP) is 3.40. The van der Waals surface area contributed by atoms with Crippen LogP contribution in [0, 0.1) is 27.7 Å². The maximum atomic E-state index is 12.6. The maximum absolute atomic E-state index is 12.6. The lowest BCUT2D eigenvalue weighted by atomic mass is 10.1. The number of rotatable bonds is 5. The summed E-state index contributed by atoms with van der Waals surface area (Å²) in [5.74, 6) is -0.583. The minimum Gasteiger partial charge on any atom is -0.324 e. The number of amides is 2. The average Bonchev–Trinajstić information content (AvgIpc) is 2.98. The minimum absolute atomic E-state index is 0.0244. The molecule has 144 valence electrons. The first-order valence-electron chi connectivity index (χ1n) is 8.99. The Bertz CT molecular complexity index is 1020. The van der Waals surface area contributed by atoms with Crippen LogP contribution in [-0.2, 0) is 11.3 Å². The number of carbonyl (C=O) groups excluding carboxylic acids is 2. The van der Waals surface area contributed by atoms with Crippen LogP contribution >= 0.6 is 0 Å². The molecule has 0 spiro atoms. The van der Waals surface area contributed by atoms with Crippen LogP contribution in [0.1, 0.15) is 32.9 Å². The van der Waals surface area contributed by atoms with Crippen LogP contribution in [0.4, 0.5) is 11.4 Å². The summed E-state index contributed by atoms with van der Waals surface area (Å²) in [5.41, 5.74) is 5.20. The standard InChI is InChI=1S/C21H23N5O2/c1-13-7-5-10-17(11-13)22-18(27)12-26-16(4)20(24-25-26)21(28)23-19-14(2)8-6-9-15(19)3/h5-11H,12H2,1-4H3,(H,22,27)(H,23,28). The second-order valence-electron chi connectivity index (χ2n) is 6.82. The minimum atomic E-state index is -0.347. The lowest BCUT2D eigenvalue weighted by molar-refractivity contribution is -0.117. The normalized spacial score (nSPS) is 10.6. The molecule has 3 aromatic rings. The molecule has 0 fully saturated rings. The average molecular weight is 377 g/mol. The fourth-order valence-electron chi connectivity index (χ4n) is 2.96. The van der Waals surface area contributed by atoms with Crippen molar-refractivity contribution < 1.29 is 9.59 Å². The summed E-state index contributed by atoms with van der Waals surface area (Å²) in [5, 5.41) is 13.7. The molecule has 7 nitrogen and oxygen atoms in total. The molecule has 0 aliphatic heterocycles. The third kappa shape index (κ3) is 4.25. The van der Waals surface area contributed by atoms with Crippen molar-refractivity contribution in [1.82, 2.24) is 15.0 Å². The van der Waals surface area contributed by atoms with Gasteiger partial charge in [-0.25, -0.2) is 4.68 Å². The summed E-state index contributed by atoms with van der Waals surface area (Å²) < 4.78 is 1.42. The lowest BCUT2D eigenvalue weighted by Gasteiger charge is -2.10. The Labute approximate surface area is 163 Å². The number of hydrogen-bond donors (Lipinski definition) is 2. The molecule has 2 amide bonds. The van der Waals surface area contributed by atoms with Crippen molar-refractivity contribution in [3.8, 4) is 0 Å². The molecule has 2 aromatic carbocycles. The Morgan fingerprint density at radius 2 is 1.64 bits per heavy atom. The molecule has 1 heterocycles. The number of anilines is 2. The Morgan fingerprint density at radius 1 is 0.964 bits per heavy atom. The fourth-order valence-corrected chi connectivity index (χ4v) is 2.96. The predicted molar refractivity (Wildman–Crippen MR) is 108 cm³/mol. The van der Waals surface area contributed by atoms with Crippen LogP contribution < -0.4 is 10.6 Å². The van der Waals surface area contributed by atoms with Gasteiger partial charge in [-0.2, -0.15) is 0 Å². The van der Waals surface area contributed by atoms with Gasteiger partial charge in [0.2, 0.25) is 5.91 Å². The largest absolute Gasteiger partial charge is 0.324 e. The topological polar surface area (TPSA) is 88.9 Å². The van der Waals surface area contributed by atoms with E-state index in [2.05, 4.69) is 20.9 Å². The highest BCUT2D eigenvalue weighted by atomic mass is 16.2. The van der Waals surface area contributed by atoms with Crippen molar-refractivity contribution in [3.05, 3.63) is 70.5 Å². The van der Waals surface area contributed by atoms with Gasteiger partial charge in [0.15, 0.2) is 5.69 Å². The van der Waals surface area contributed by atoms with Gasteiger partial charge in [-0.1, -0.05) is 35.5 Å². The Morgan fingerprint density at radius 3 is 2.32 bits per heavy atom. The van der Waals surface area contributed by atoms with E-state index in [9.17, 15) is 9.59 Å². The maximum Gasteiger partial charge on any atom is 0.278 e. The van der Waals surface area contributed by atoms with Crippen LogP contribution in [0.25, 0.3) is 0 Å². The number of nitrogens with zero attached hydrogens (tertiary/aromatic N) is 3. The smallest absolute Gasteiger partial charge is 0.278 e. The molecule has 3 rings (SSSR count). The zero-order chi connectivity index (χ0) is 20.3. The third-order valence-electron chi connectivity index (χ3n) is 4.51. The number of nitrogens with one attached hydrogen (secondary N) is 2. The highest BCUT2D eigenvalue weighted by molar-refractivity contribution is 6.04. The Kier molecular flexibility index (Phi) is 5.54. The highest BCUT2D eigenvalue weighted by Crippen LogP contribution is 2.20. The number of para-hydroxylation sites is 1. The fraction of sp³-hybridized carbons (Fsp3) is 0.238. The molecule has 28 heavy (non-hydrogen) atoms. The van der Waals surface area contributed by atoms with Crippen LogP contribution in [0.3, 0.4) is 0 Å². The van der Waals surface area contributed by atoms with Crippen molar-refractivity contribution in [3.63, 3.8) is 0 Å². The van der Waals surface area contributed by atoms with E-state index in [1.54, 1.807) is 6.92 Å². The third-order valence-corrected chi connectivity index (χ3v) is 4.51. The molecule has 1 aromatic heterocycles. The second kappa shape index (κ2) is 8.04. The van der Waals surface area contributed by atoms with E-state index in [1.807, 2.05) is 63.2 Å². The van der Waals surface area contributed by atoms with Gasteiger partial charge in [-0.15, -0.1) is 5.10 Å². The van der Waals surface area contributed by atoms with E-state index < -0.39 is 0 Å². The molecule has 0 saturated heterocycles. The Balaban J connectivity index is 1.71. The monoisotopic (exact) mass is 377 g/mol. The first-order chi connectivity index (χ1) is 13.3. The number of carbonyl (C=O) groups is 2. The van der Waals surface area contributed by atoms with Crippen molar-refractivity contribution in [2.75, 3.05) is 10.6 Å². The van der Waals surface area contributed by atoms with E-state index in [0.29, 0.717) is 5.69 Å². The quantitative estimate of drug-likeness (QED) is 0.713. The Hall–Kier alpha value is -3.48. The number of hydrogen-bond acceptors (Lipinski definition) is 4. The van der Waals surface area contributed by atoms with Gasteiger partial charge < -0.3 is 10.6 Å². The van der Waals surface area contributed by atoms with Crippen molar-refractivity contribution in [2.45, 2.75) is 34.2 Å². The summed E-state index contributed by atoms with van der Waals surface area (Å²) in [6.45, 7) is 7.52. The first kappa shape index (κ1) is 19.3. The van der Waals surface area contributed by atoms with E-state index in [4.69, 9.17) is 0 Å². The molecule has 0 aliphatic carbocycles. The molecule has 0 bridgehead atoms. The van der Waals surface area contributed by atoms with Crippen molar-refractivity contribution >= 4 is 23.2 Å². The van der Waals surface area contributed by atoms with Gasteiger partial charge in [0.1, 0.15) is 6.54 Å². The lowest BCUT2D eigenvalue weighted by Crippen LogP contribution is -2.21. The van der Waals surface area contributed by atoms with Crippen molar-refractivity contribution in [2.24, 2.45) is 0 Å². The molecule has 0 radical (unpaired) electrons. The van der Waals surface area contributed by atoms with Crippen molar-refractivity contribution in [1.29, 1.82) is 0 Å². The molecule has 0 atom stereocenters. The molecule has 0 unspecified atom stereocenters. The van der Waals surface area contributed by atoms with E-state index >= 15 is 0 Å².